The number of hydrogen-bond donors (Lipinski definition) is 2. The molecule has 0 radical (unpaired) electrons. The van der Waals surface area contributed by atoms with Crippen LogP contribution in [0.2, 0.25) is 0 Å². The summed E-state index contributed by atoms with van der Waals surface area (Å²) in [4.78, 5) is 25.2. The molecule has 1 aliphatic carbocycles. The van der Waals surface area contributed by atoms with Crippen molar-refractivity contribution in [1.82, 2.24) is 5.32 Å². The van der Waals surface area contributed by atoms with E-state index < -0.39 is 5.41 Å². The molecule has 6 nitrogen and oxygen atoms in total. The summed E-state index contributed by atoms with van der Waals surface area (Å²) in [5.41, 5.74) is 1.78. The van der Waals surface area contributed by atoms with Crippen molar-refractivity contribution >= 4 is 17.5 Å². The molecular weight excluding hydrogens is 332 g/mol. The third-order valence-corrected chi connectivity index (χ3v) is 4.79. The number of fused-ring (bicyclic) bond motifs is 1. The molecule has 0 spiro atoms. The van der Waals surface area contributed by atoms with E-state index in [4.69, 9.17) is 9.47 Å². The molecule has 2 amide bonds. The van der Waals surface area contributed by atoms with Gasteiger partial charge in [0.25, 0.3) is 0 Å². The van der Waals surface area contributed by atoms with Crippen molar-refractivity contribution in [3.8, 4) is 11.5 Å². The number of rotatable bonds is 5. The number of ether oxygens (including phenoxy) is 2. The van der Waals surface area contributed by atoms with Gasteiger partial charge in [0.05, 0.1) is 0 Å². The fourth-order valence-electron chi connectivity index (χ4n) is 3.08. The van der Waals surface area contributed by atoms with Crippen LogP contribution in [0.4, 0.5) is 5.69 Å². The minimum absolute atomic E-state index is 0.179. The summed E-state index contributed by atoms with van der Waals surface area (Å²) in [7, 11) is 0. The molecule has 2 aromatic rings. The summed E-state index contributed by atoms with van der Waals surface area (Å²) in [6.07, 6.45) is 1.12. The molecule has 0 unspecified atom stereocenters. The van der Waals surface area contributed by atoms with Crippen LogP contribution in [0.1, 0.15) is 24.0 Å². The molecule has 1 heterocycles. The zero-order valence-electron chi connectivity index (χ0n) is 14.5. The van der Waals surface area contributed by atoms with Crippen LogP contribution < -0.4 is 20.1 Å². The number of nitrogens with one attached hydrogen (secondary N) is 2. The first-order chi connectivity index (χ1) is 12.6. The molecular formula is C20H20N2O4. The fourth-order valence-corrected chi connectivity index (χ4v) is 3.08. The highest BCUT2D eigenvalue weighted by Crippen LogP contribution is 2.47. The Balaban J connectivity index is 1.39. The summed E-state index contributed by atoms with van der Waals surface area (Å²) < 4.78 is 10.6. The lowest BCUT2D eigenvalue weighted by molar-refractivity contribution is -0.134. The first-order valence-electron chi connectivity index (χ1n) is 8.62. The SMILES string of the molecule is Cc1cccc(CNC(=O)C2(C(=O)Nc3ccc4c(c3)OCO4)CC2)c1. The number of carbonyl (C=O) groups excluding carboxylic acids is 2. The second-order valence-electron chi connectivity index (χ2n) is 6.78. The lowest BCUT2D eigenvalue weighted by Crippen LogP contribution is -2.39. The van der Waals surface area contributed by atoms with Gasteiger partial charge in [0, 0.05) is 18.3 Å². The second-order valence-corrected chi connectivity index (χ2v) is 6.78. The van der Waals surface area contributed by atoms with E-state index in [-0.39, 0.29) is 18.6 Å². The minimum Gasteiger partial charge on any atom is -0.454 e. The zero-order valence-corrected chi connectivity index (χ0v) is 14.5. The molecule has 26 heavy (non-hydrogen) atoms. The van der Waals surface area contributed by atoms with E-state index in [9.17, 15) is 9.59 Å². The topological polar surface area (TPSA) is 76.7 Å². The van der Waals surface area contributed by atoms with E-state index in [1.165, 1.54) is 0 Å². The lowest BCUT2D eigenvalue weighted by Gasteiger charge is -2.16. The van der Waals surface area contributed by atoms with Gasteiger partial charge in [-0.25, -0.2) is 0 Å². The van der Waals surface area contributed by atoms with Crippen LogP contribution >= 0.6 is 0 Å². The number of hydrogen-bond acceptors (Lipinski definition) is 4. The van der Waals surface area contributed by atoms with Gasteiger partial charge in [-0.15, -0.1) is 0 Å². The monoisotopic (exact) mass is 352 g/mol. The highest BCUT2D eigenvalue weighted by atomic mass is 16.7. The molecule has 0 saturated heterocycles. The van der Waals surface area contributed by atoms with Gasteiger partial charge in [-0.3, -0.25) is 9.59 Å². The van der Waals surface area contributed by atoms with E-state index in [1.807, 2.05) is 31.2 Å². The maximum absolute atomic E-state index is 12.7. The van der Waals surface area contributed by atoms with Gasteiger partial charge in [-0.05, 0) is 37.5 Å². The van der Waals surface area contributed by atoms with Gasteiger partial charge in [-0.1, -0.05) is 29.8 Å². The number of benzene rings is 2. The van der Waals surface area contributed by atoms with Crippen LogP contribution in [0.5, 0.6) is 11.5 Å². The first-order valence-corrected chi connectivity index (χ1v) is 8.62. The van der Waals surface area contributed by atoms with E-state index in [1.54, 1.807) is 18.2 Å². The van der Waals surface area contributed by atoms with Crippen LogP contribution in [0.15, 0.2) is 42.5 Å². The Hall–Kier alpha value is -3.02. The van der Waals surface area contributed by atoms with Gasteiger partial charge in [0.15, 0.2) is 11.5 Å². The maximum atomic E-state index is 12.7. The van der Waals surface area contributed by atoms with Crippen molar-refractivity contribution < 1.29 is 19.1 Å². The first kappa shape index (κ1) is 16.4. The van der Waals surface area contributed by atoms with Crippen molar-refractivity contribution in [3.05, 3.63) is 53.6 Å². The molecule has 0 bridgehead atoms. The van der Waals surface area contributed by atoms with E-state index in [0.717, 1.165) is 11.1 Å². The number of amides is 2. The summed E-state index contributed by atoms with van der Waals surface area (Å²) in [6, 6.07) is 13.1. The van der Waals surface area contributed by atoms with Crippen LogP contribution in [-0.2, 0) is 16.1 Å². The number of anilines is 1. The van der Waals surface area contributed by atoms with Crippen molar-refractivity contribution in [1.29, 1.82) is 0 Å². The van der Waals surface area contributed by atoms with Gasteiger partial charge in [-0.2, -0.15) is 0 Å². The van der Waals surface area contributed by atoms with Crippen molar-refractivity contribution in [2.24, 2.45) is 5.41 Å². The highest BCUT2D eigenvalue weighted by Gasteiger charge is 2.56. The molecule has 1 aliphatic heterocycles. The molecule has 0 aromatic heterocycles. The zero-order chi connectivity index (χ0) is 18.1. The molecule has 6 heteroatoms. The summed E-state index contributed by atoms with van der Waals surface area (Å²) >= 11 is 0. The highest BCUT2D eigenvalue weighted by molar-refractivity contribution is 6.13. The van der Waals surface area contributed by atoms with E-state index in [2.05, 4.69) is 10.6 Å². The Morgan fingerprint density at radius 1 is 1.04 bits per heavy atom. The van der Waals surface area contributed by atoms with Gasteiger partial charge in [0.1, 0.15) is 5.41 Å². The van der Waals surface area contributed by atoms with Gasteiger partial charge in [0.2, 0.25) is 18.6 Å². The summed E-state index contributed by atoms with van der Waals surface area (Å²) in [6.45, 7) is 2.60. The predicted octanol–water partition coefficient (Wildman–Crippen LogP) is 2.76. The fraction of sp³-hybridized carbons (Fsp3) is 0.300. The molecule has 2 aromatic carbocycles. The molecule has 134 valence electrons. The third kappa shape index (κ3) is 3.10. The molecule has 2 N–H and O–H groups in total. The van der Waals surface area contributed by atoms with Crippen LogP contribution in [0.25, 0.3) is 0 Å². The molecule has 2 aliphatic rings. The lowest BCUT2D eigenvalue weighted by atomic mass is 10.0. The van der Waals surface area contributed by atoms with Crippen molar-refractivity contribution in [2.45, 2.75) is 26.3 Å². The molecule has 1 saturated carbocycles. The average molecular weight is 352 g/mol. The maximum Gasteiger partial charge on any atom is 0.240 e. The number of aryl methyl sites for hydroxylation is 1. The van der Waals surface area contributed by atoms with Crippen molar-refractivity contribution in [3.63, 3.8) is 0 Å². The van der Waals surface area contributed by atoms with E-state index >= 15 is 0 Å². The van der Waals surface area contributed by atoms with Crippen LogP contribution in [0.3, 0.4) is 0 Å². The van der Waals surface area contributed by atoms with Crippen LogP contribution in [0, 0.1) is 12.3 Å². The quantitative estimate of drug-likeness (QED) is 0.811. The minimum atomic E-state index is -0.972. The van der Waals surface area contributed by atoms with E-state index in [0.29, 0.717) is 36.6 Å². The summed E-state index contributed by atoms with van der Waals surface area (Å²) in [5, 5.41) is 5.72. The Morgan fingerprint density at radius 3 is 2.62 bits per heavy atom. The standard InChI is InChI=1S/C20H20N2O4/c1-13-3-2-4-14(9-13)11-21-18(23)20(7-8-20)19(24)22-15-5-6-16-17(10-15)26-12-25-16/h2-6,9-10H,7-8,11-12H2,1H3,(H,21,23)(H,22,24). The Morgan fingerprint density at radius 2 is 1.85 bits per heavy atom. The number of carbonyl (C=O) groups is 2. The Kier molecular flexibility index (Phi) is 4.03. The Bertz CT molecular complexity index is 874. The van der Waals surface area contributed by atoms with Gasteiger partial charge < -0.3 is 20.1 Å². The average Bonchev–Trinajstić information content (AvgIpc) is 3.32. The Labute approximate surface area is 151 Å². The predicted molar refractivity (Wildman–Crippen MR) is 95.9 cm³/mol. The largest absolute Gasteiger partial charge is 0.454 e. The third-order valence-electron chi connectivity index (χ3n) is 4.79. The smallest absolute Gasteiger partial charge is 0.240 e. The van der Waals surface area contributed by atoms with Crippen molar-refractivity contribution in [2.75, 3.05) is 12.1 Å². The summed E-state index contributed by atoms with van der Waals surface area (Å²) in [5.74, 6) is 0.743. The van der Waals surface area contributed by atoms with Gasteiger partial charge >= 0.3 is 0 Å². The second kappa shape index (κ2) is 6.37. The van der Waals surface area contributed by atoms with Crippen LogP contribution in [-0.4, -0.2) is 18.6 Å². The molecule has 1 fully saturated rings. The molecule has 0 atom stereocenters. The normalized spacial score (nSPS) is 16.0. The molecule has 4 rings (SSSR count).